The third kappa shape index (κ3) is 4.80. The van der Waals surface area contributed by atoms with E-state index in [1.165, 1.54) is 21.4 Å². The summed E-state index contributed by atoms with van der Waals surface area (Å²) in [7, 11) is 0. The molecule has 2 heterocycles. The molecule has 2 aromatic heterocycles. The Kier molecular flexibility index (Phi) is 6.36. The Morgan fingerprint density at radius 1 is 0.372 bits per heavy atom. The monoisotopic (exact) mass is 566 g/mol. The number of nitrogens with zero attached hydrogens (tertiary/aromatic N) is 2. The molecule has 0 N–H and O–H groups in total. The first kappa shape index (κ1) is 25.3. The van der Waals surface area contributed by atoms with Crippen LogP contribution in [0.3, 0.4) is 0 Å². The molecule has 2 nitrogen and oxygen atoms in total. The van der Waals surface area contributed by atoms with E-state index in [4.69, 9.17) is 9.97 Å². The molecule has 0 radical (unpaired) electrons. The molecule has 0 atom stereocenters. The van der Waals surface area contributed by atoms with Gasteiger partial charge in [0, 0.05) is 21.2 Å². The Morgan fingerprint density at radius 2 is 0.860 bits per heavy atom. The van der Waals surface area contributed by atoms with E-state index >= 15 is 0 Å². The van der Waals surface area contributed by atoms with E-state index in [0.717, 1.165) is 54.9 Å². The molecule has 0 aliphatic carbocycles. The molecule has 0 unspecified atom stereocenters. The van der Waals surface area contributed by atoms with Gasteiger partial charge in [0.2, 0.25) is 0 Å². The summed E-state index contributed by atoms with van der Waals surface area (Å²) < 4.78 is 2.32. The van der Waals surface area contributed by atoms with Gasteiger partial charge in [-0.3, -0.25) is 0 Å². The first-order chi connectivity index (χ1) is 21.3. The third-order valence-corrected chi connectivity index (χ3v) is 9.04. The van der Waals surface area contributed by atoms with Crippen LogP contribution in [0.25, 0.3) is 76.3 Å². The first-order valence-corrected chi connectivity index (χ1v) is 15.2. The molecular formula is C40H26N2S. The molecule has 8 aromatic rings. The molecule has 0 amide bonds. The largest absolute Gasteiger partial charge is 0.226 e. The van der Waals surface area contributed by atoms with E-state index in [0.29, 0.717) is 0 Å². The van der Waals surface area contributed by atoms with Crippen LogP contribution < -0.4 is 0 Å². The lowest BCUT2D eigenvalue weighted by Gasteiger charge is -2.13. The van der Waals surface area contributed by atoms with Gasteiger partial charge in [-0.25, -0.2) is 9.97 Å². The molecule has 0 fully saturated rings. The van der Waals surface area contributed by atoms with Gasteiger partial charge in [-0.1, -0.05) is 127 Å². The van der Waals surface area contributed by atoms with E-state index < -0.39 is 0 Å². The maximum atomic E-state index is 5.34. The highest BCUT2D eigenvalue weighted by molar-refractivity contribution is 7.26. The zero-order chi connectivity index (χ0) is 28.6. The Balaban J connectivity index is 1.40. The van der Waals surface area contributed by atoms with Crippen LogP contribution in [0.15, 0.2) is 158 Å². The Morgan fingerprint density at radius 3 is 1.51 bits per heavy atom. The molecule has 0 saturated heterocycles. The second kappa shape index (κ2) is 10.8. The SMILES string of the molecule is c1ccc(-c2cccc(-c3nc(-c4cc(-c5ccccc5)cc(-c5ccccc5)c4)c4sc5ccccc5c4n3)c2)cc1. The van der Waals surface area contributed by atoms with Gasteiger partial charge in [0.25, 0.3) is 0 Å². The van der Waals surface area contributed by atoms with Crippen molar-refractivity contribution in [1.29, 1.82) is 0 Å². The Bertz CT molecular complexity index is 2160. The van der Waals surface area contributed by atoms with Crippen molar-refractivity contribution in [2.24, 2.45) is 0 Å². The van der Waals surface area contributed by atoms with Gasteiger partial charge >= 0.3 is 0 Å². The summed E-state index contributed by atoms with van der Waals surface area (Å²) in [5.41, 5.74) is 11.1. The van der Waals surface area contributed by atoms with Gasteiger partial charge in [-0.15, -0.1) is 11.3 Å². The Hall–Kier alpha value is -5.38. The molecule has 43 heavy (non-hydrogen) atoms. The molecule has 0 saturated carbocycles. The number of thiophene rings is 1. The summed E-state index contributed by atoms with van der Waals surface area (Å²) in [6, 6.07) is 55.6. The number of fused-ring (bicyclic) bond motifs is 3. The quantitative estimate of drug-likeness (QED) is 0.207. The molecule has 0 aliphatic rings. The lowest BCUT2D eigenvalue weighted by molar-refractivity contribution is 1.24. The Labute approximate surface area is 254 Å². The fourth-order valence-electron chi connectivity index (χ4n) is 5.74. The fraction of sp³-hybridized carbons (Fsp3) is 0. The maximum Gasteiger partial charge on any atom is 0.160 e. The number of aromatic nitrogens is 2. The lowest BCUT2D eigenvalue weighted by Crippen LogP contribution is -1.95. The van der Waals surface area contributed by atoms with Crippen LogP contribution in [0.5, 0.6) is 0 Å². The van der Waals surface area contributed by atoms with Crippen molar-refractivity contribution in [3.63, 3.8) is 0 Å². The van der Waals surface area contributed by atoms with Crippen molar-refractivity contribution >= 4 is 31.6 Å². The predicted molar refractivity (Wildman–Crippen MR) is 182 cm³/mol. The zero-order valence-electron chi connectivity index (χ0n) is 23.3. The average molecular weight is 567 g/mol. The molecule has 0 bridgehead atoms. The van der Waals surface area contributed by atoms with E-state index in [1.807, 2.05) is 6.07 Å². The van der Waals surface area contributed by atoms with Crippen molar-refractivity contribution in [3.8, 4) is 56.0 Å². The number of rotatable bonds is 5. The lowest BCUT2D eigenvalue weighted by atomic mass is 9.94. The smallest absolute Gasteiger partial charge is 0.160 e. The number of benzene rings is 6. The van der Waals surface area contributed by atoms with E-state index in [-0.39, 0.29) is 0 Å². The summed E-state index contributed by atoms with van der Waals surface area (Å²) in [5.74, 6) is 0.732. The number of hydrogen-bond donors (Lipinski definition) is 0. The maximum absolute atomic E-state index is 5.34. The minimum absolute atomic E-state index is 0.732. The molecule has 6 aromatic carbocycles. The van der Waals surface area contributed by atoms with Crippen molar-refractivity contribution in [1.82, 2.24) is 9.97 Å². The summed E-state index contributed by atoms with van der Waals surface area (Å²) in [6.45, 7) is 0. The third-order valence-electron chi connectivity index (χ3n) is 7.87. The molecule has 0 aliphatic heterocycles. The standard InChI is InChI=1S/C40H26N2S/c1-4-13-27(14-5-1)30-19-12-20-31(23-30)40-41-37(39-38(42-40)35-21-10-11-22-36(35)43-39)34-25-32(28-15-6-2-7-16-28)24-33(26-34)29-17-8-3-9-18-29/h1-26H. The van der Waals surface area contributed by atoms with Crippen LogP contribution in [-0.2, 0) is 0 Å². The summed E-state index contributed by atoms with van der Waals surface area (Å²) in [6.07, 6.45) is 0. The fourth-order valence-corrected chi connectivity index (χ4v) is 6.90. The predicted octanol–water partition coefficient (Wildman–Crippen LogP) is 11.2. The van der Waals surface area contributed by atoms with Crippen LogP contribution in [0.1, 0.15) is 0 Å². The van der Waals surface area contributed by atoms with Crippen LogP contribution in [-0.4, -0.2) is 9.97 Å². The second-order valence-electron chi connectivity index (χ2n) is 10.6. The summed E-state index contributed by atoms with van der Waals surface area (Å²) >= 11 is 1.77. The molecular weight excluding hydrogens is 541 g/mol. The van der Waals surface area contributed by atoms with Gasteiger partial charge in [0.05, 0.1) is 15.9 Å². The van der Waals surface area contributed by atoms with Crippen molar-refractivity contribution in [3.05, 3.63) is 158 Å². The minimum atomic E-state index is 0.732. The van der Waals surface area contributed by atoms with E-state index in [2.05, 4.69) is 152 Å². The van der Waals surface area contributed by atoms with Crippen LogP contribution in [0, 0.1) is 0 Å². The first-order valence-electron chi connectivity index (χ1n) is 14.4. The van der Waals surface area contributed by atoms with Gasteiger partial charge in [0.15, 0.2) is 5.82 Å². The van der Waals surface area contributed by atoms with Crippen molar-refractivity contribution < 1.29 is 0 Å². The minimum Gasteiger partial charge on any atom is -0.226 e. The second-order valence-corrected chi connectivity index (χ2v) is 11.7. The highest BCUT2D eigenvalue weighted by Crippen LogP contribution is 2.41. The van der Waals surface area contributed by atoms with Crippen molar-refractivity contribution in [2.75, 3.05) is 0 Å². The summed E-state index contributed by atoms with van der Waals surface area (Å²) in [5, 5.41) is 1.16. The number of hydrogen-bond acceptors (Lipinski definition) is 3. The van der Waals surface area contributed by atoms with Gasteiger partial charge < -0.3 is 0 Å². The van der Waals surface area contributed by atoms with Gasteiger partial charge in [-0.2, -0.15) is 0 Å². The van der Waals surface area contributed by atoms with Crippen LogP contribution >= 0.6 is 11.3 Å². The zero-order valence-corrected chi connectivity index (χ0v) is 24.1. The highest BCUT2D eigenvalue weighted by Gasteiger charge is 2.18. The molecule has 202 valence electrons. The average Bonchev–Trinajstić information content (AvgIpc) is 3.48. The van der Waals surface area contributed by atoms with Crippen LogP contribution in [0.4, 0.5) is 0 Å². The summed E-state index contributed by atoms with van der Waals surface area (Å²) in [4.78, 5) is 10.6. The van der Waals surface area contributed by atoms with Crippen LogP contribution in [0.2, 0.25) is 0 Å². The molecule has 0 spiro atoms. The highest BCUT2D eigenvalue weighted by atomic mass is 32.1. The normalized spacial score (nSPS) is 11.3. The van der Waals surface area contributed by atoms with E-state index in [9.17, 15) is 0 Å². The van der Waals surface area contributed by atoms with Gasteiger partial charge in [0.1, 0.15) is 0 Å². The molecule has 3 heteroatoms. The molecule has 8 rings (SSSR count). The van der Waals surface area contributed by atoms with Crippen molar-refractivity contribution in [2.45, 2.75) is 0 Å². The van der Waals surface area contributed by atoms with Gasteiger partial charge in [-0.05, 0) is 63.7 Å². The topological polar surface area (TPSA) is 25.8 Å². The van der Waals surface area contributed by atoms with E-state index in [1.54, 1.807) is 11.3 Å².